The van der Waals surface area contributed by atoms with Crippen molar-refractivity contribution < 1.29 is 18.7 Å². The predicted molar refractivity (Wildman–Crippen MR) is 74.0 cm³/mol. The van der Waals surface area contributed by atoms with Gasteiger partial charge in [0.1, 0.15) is 5.82 Å². The average molecular weight is 281 g/mol. The Morgan fingerprint density at radius 3 is 2.70 bits per heavy atom. The molecule has 20 heavy (non-hydrogen) atoms. The molecule has 1 aromatic carbocycles. The Morgan fingerprint density at radius 1 is 1.45 bits per heavy atom. The summed E-state index contributed by atoms with van der Waals surface area (Å²) in [6.45, 7) is 2.20. The molecule has 0 amide bonds. The number of halogens is 1. The first kappa shape index (κ1) is 14.8. The van der Waals surface area contributed by atoms with Gasteiger partial charge in [0, 0.05) is 7.11 Å². The third-order valence-electron chi connectivity index (χ3n) is 3.52. The molecule has 1 aliphatic rings. The monoisotopic (exact) mass is 281 g/mol. The van der Waals surface area contributed by atoms with Gasteiger partial charge in [-0.25, -0.2) is 9.18 Å². The number of carbonyl (C=O) groups is 1. The number of nitrogens with one attached hydrogen (secondary N) is 1. The van der Waals surface area contributed by atoms with E-state index in [4.69, 9.17) is 9.47 Å². The van der Waals surface area contributed by atoms with Crippen molar-refractivity contribution in [2.45, 2.75) is 25.3 Å². The highest BCUT2D eigenvalue weighted by atomic mass is 19.1. The molecule has 0 aliphatic heterocycles. The standard InChI is InChI=1S/C15H20FNO3/c1-3-20-14(18)15(10-19-2,11-8-9-11)17-13-7-5-4-6-12(13)16/h4-7,11,17H,3,8-10H2,1-2H3. The second kappa shape index (κ2) is 6.22. The molecular weight excluding hydrogens is 261 g/mol. The van der Waals surface area contributed by atoms with E-state index in [1.807, 2.05) is 0 Å². The van der Waals surface area contributed by atoms with Crippen LogP contribution < -0.4 is 5.32 Å². The Morgan fingerprint density at radius 2 is 2.15 bits per heavy atom. The Kier molecular flexibility index (Phi) is 4.60. The lowest BCUT2D eigenvalue weighted by Gasteiger charge is -2.33. The molecular formula is C15H20FNO3. The second-order valence-corrected chi connectivity index (χ2v) is 5.00. The van der Waals surface area contributed by atoms with Crippen LogP contribution in [0.1, 0.15) is 19.8 Å². The molecule has 1 atom stereocenters. The van der Waals surface area contributed by atoms with Gasteiger partial charge in [-0.3, -0.25) is 0 Å². The van der Waals surface area contributed by atoms with Gasteiger partial charge in [-0.2, -0.15) is 0 Å². The number of ether oxygens (including phenoxy) is 2. The molecule has 0 radical (unpaired) electrons. The summed E-state index contributed by atoms with van der Waals surface area (Å²) in [6, 6.07) is 6.31. The largest absolute Gasteiger partial charge is 0.464 e. The molecule has 0 saturated heterocycles. The van der Waals surface area contributed by atoms with Crippen molar-refractivity contribution in [3.63, 3.8) is 0 Å². The van der Waals surface area contributed by atoms with Crippen LogP contribution in [0.15, 0.2) is 24.3 Å². The normalized spacial score (nSPS) is 17.4. The van der Waals surface area contributed by atoms with Gasteiger partial charge in [-0.1, -0.05) is 12.1 Å². The predicted octanol–water partition coefficient (Wildman–Crippen LogP) is 2.60. The van der Waals surface area contributed by atoms with E-state index in [1.165, 1.54) is 13.2 Å². The van der Waals surface area contributed by atoms with Gasteiger partial charge in [0.15, 0.2) is 5.54 Å². The van der Waals surface area contributed by atoms with Gasteiger partial charge < -0.3 is 14.8 Å². The van der Waals surface area contributed by atoms with Crippen LogP contribution in [0.5, 0.6) is 0 Å². The highest BCUT2D eigenvalue weighted by molar-refractivity contribution is 5.86. The van der Waals surface area contributed by atoms with Crippen molar-refractivity contribution in [3.8, 4) is 0 Å². The minimum absolute atomic E-state index is 0.112. The number of methoxy groups -OCH3 is 1. The summed E-state index contributed by atoms with van der Waals surface area (Å²) in [6.07, 6.45) is 1.81. The van der Waals surface area contributed by atoms with Crippen molar-refractivity contribution in [2.24, 2.45) is 5.92 Å². The van der Waals surface area contributed by atoms with Gasteiger partial charge in [0.25, 0.3) is 0 Å². The SMILES string of the molecule is CCOC(=O)C(COC)(Nc1ccccc1F)C1CC1. The van der Waals surface area contributed by atoms with Crippen LogP contribution in [-0.4, -0.2) is 31.8 Å². The molecule has 0 bridgehead atoms. The molecule has 1 unspecified atom stereocenters. The van der Waals surface area contributed by atoms with Gasteiger partial charge >= 0.3 is 5.97 Å². The Balaban J connectivity index is 2.30. The first-order valence-corrected chi connectivity index (χ1v) is 6.83. The van der Waals surface area contributed by atoms with Crippen molar-refractivity contribution in [1.82, 2.24) is 0 Å². The maximum absolute atomic E-state index is 13.8. The molecule has 1 fully saturated rings. The van der Waals surface area contributed by atoms with E-state index < -0.39 is 11.4 Å². The summed E-state index contributed by atoms with van der Waals surface area (Å²) in [4.78, 5) is 12.4. The number of para-hydroxylation sites is 1. The third kappa shape index (κ3) is 2.93. The quantitative estimate of drug-likeness (QED) is 0.780. The number of carbonyl (C=O) groups excluding carboxylic acids is 1. The van der Waals surface area contributed by atoms with Crippen LogP contribution in [-0.2, 0) is 14.3 Å². The van der Waals surface area contributed by atoms with Crippen molar-refractivity contribution in [3.05, 3.63) is 30.1 Å². The van der Waals surface area contributed by atoms with Gasteiger partial charge in [-0.15, -0.1) is 0 Å². The zero-order valence-electron chi connectivity index (χ0n) is 11.8. The first-order chi connectivity index (χ1) is 9.64. The van der Waals surface area contributed by atoms with Crippen LogP contribution in [0, 0.1) is 11.7 Å². The topological polar surface area (TPSA) is 47.6 Å². The number of benzene rings is 1. The lowest BCUT2D eigenvalue weighted by atomic mass is 9.93. The fourth-order valence-corrected chi connectivity index (χ4v) is 2.40. The fraction of sp³-hybridized carbons (Fsp3) is 0.533. The molecule has 1 saturated carbocycles. The molecule has 1 N–H and O–H groups in total. The zero-order valence-corrected chi connectivity index (χ0v) is 11.8. The molecule has 0 spiro atoms. The summed E-state index contributed by atoms with van der Waals surface area (Å²) in [5, 5.41) is 3.03. The highest BCUT2D eigenvalue weighted by Gasteiger charge is 2.52. The molecule has 0 aromatic heterocycles. The van der Waals surface area contributed by atoms with Crippen molar-refractivity contribution in [1.29, 1.82) is 0 Å². The first-order valence-electron chi connectivity index (χ1n) is 6.83. The third-order valence-corrected chi connectivity index (χ3v) is 3.52. The second-order valence-electron chi connectivity index (χ2n) is 5.00. The van der Waals surface area contributed by atoms with E-state index >= 15 is 0 Å². The summed E-state index contributed by atoms with van der Waals surface area (Å²) in [5.74, 6) is -0.661. The van der Waals surface area contributed by atoms with Crippen LogP contribution >= 0.6 is 0 Å². The van der Waals surface area contributed by atoms with E-state index in [0.717, 1.165) is 12.8 Å². The smallest absolute Gasteiger partial charge is 0.334 e. The summed E-state index contributed by atoms with van der Waals surface area (Å²) >= 11 is 0. The van der Waals surface area contributed by atoms with Crippen LogP contribution in [0.25, 0.3) is 0 Å². The van der Waals surface area contributed by atoms with Crippen LogP contribution in [0.2, 0.25) is 0 Å². The molecule has 5 heteroatoms. The average Bonchev–Trinajstić information content (AvgIpc) is 3.25. The maximum Gasteiger partial charge on any atom is 0.334 e. The molecule has 1 aromatic rings. The van der Waals surface area contributed by atoms with E-state index in [-0.39, 0.29) is 25.1 Å². The van der Waals surface area contributed by atoms with Gasteiger partial charge in [0.2, 0.25) is 0 Å². The molecule has 110 valence electrons. The molecule has 2 rings (SSSR count). The molecule has 0 heterocycles. The number of anilines is 1. The fourth-order valence-electron chi connectivity index (χ4n) is 2.40. The Labute approximate surface area is 118 Å². The van der Waals surface area contributed by atoms with Gasteiger partial charge in [0.05, 0.1) is 18.9 Å². The van der Waals surface area contributed by atoms with Crippen LogP contribution in [0.3, 0.4) is 0 Å². The Hall–Kier alpha value is -1.62. The van der Waals surface area contributed by atoms with E-state index in [0.29, 0.717) is 5.69 Å². The minimum Gasteiger partial charge on any atom is -0.464 e. The van der Waals surface area contributed by atoms with Crippen molar-refractivity contribution >= 4 is 11.7 Å². The summed E-state index contributed by atoms with van der Waals surface area (Å²) in [5.41, 5.74) is -0.711. The lowest BCUT2D eigenvalue weighted by molar-refractivity contribution is -0.151. The highest BCUT2D eigenvalue weighted by Crippen LogP contribution is 2.43. The van der Waals surface area contributed by atoms with Crippen molar-refractivity contribution in [2.75, 3.05) is 25.6 Å². The van der Waals surface area contributed by atoms with E-state index in [2.05, 4.69) is 5.32 Å². The summed E-state index contributed by atoms with van der Waals surface area (Å²) < 4.78 is 24.2. The van der Waals surface area contributed by atoms with Crippen LogP contribution in [0.4, 0.5) is 10.1 Å². The summed E-state index contributed by atoms with van der Waals surface area (Å²) in [7, 11) is 1.53. The van der Waals surface area contributed by atoms with E-state index in [9.17, 15) is 9.18 Å². The number of rotatable bonds is 7. The number of hydrogen-bond donors (Lipinski definition) is 1. The zero-order chi connectivity index (χ0) is 14.6. The molecule has 1 aliphatic carbocycles. The number of esters is 1. The van der Waals surface area contributed by atoms with E-state index in [1.54, 1.807) is 25.1 Å². The Bertz CT molecular complexity index is 476. The maximum atomic E-state index is 13.8. The minimum atomic E-state index is -1.01. The lowest BCUT2D eigenvalue weighted by Crippen LogP contribution is -2.53. The number of hydrogen-bond acceptors (Lipinski definition) is 4. The molecule has 4 nitrogen and oxygen atoms in total. The van der Waals surface area contributed by atoms with Gasteiger partial charge in [-0.05, 0) is 37.8 Å².